The number of piperidine rings is 1. The Kier molecular flexibility index (Phi) is 11.8. The van der Waals surface area contributed by atoms with Crippen molar-refractivity contribution in [2.24, 2.45) is 0 Å². The first-order valence-corrected chi connectivity index (χ1v) is 14.5. The summed E-state index contributed by atoms with van der Waals surface area (Å²) in [6.07, 6.45) is 9.81. The summed E-state index contributed by atoms with van der Waals surface area (Å²) in [6.45, 7) is 3.12. The summed E-state index contributed by atoms with van der Waals surface area (Å²) in [7, 11) is 0. The van der Waals surface area contributed by atoms with Crippen LogP contribution in [-0.2, 0) is 15.1 Å². The molecule has 1 heterocycles. The standard InChI is InChI=1S/C31H41ClFNO4/c1-2-3-4-5-6-7-8-11-30(36)38-31(26-14-16-27(32)17-15-26)20-23-34(37,24-21-31)22-9-10-29(35)25-12-18-28(33)19-13-25/h12-19H,2-11,20-24H2,1H3. The predicted octanol–water partition coefficient (Wildman–Crippen LogP) is 8.13. The molecule has 2 aromatic rings. The number of quaternary nitrogens is 1. The van der Waals surface area contributed by atoms with Crippen LogP contribution in [0.3, 0.4) is 0 Å². The molecular formula is C31H41ClFNO4. The highest BCUT2D eigenvalue weighted by Gasteiger charge is 2.43. The number of ketones is 1. The van der Waals surface area contributed by atoms with Crippen LogP contribution in [0.25, 0.3) is 0 Å². The Morgan fingerprint density at radius 1 is 0.895 bits per heavy atom. The van der Waals surface area contributed by atoms with Crippen molar-refractivity contribution in [3.63, 3.8) is 0 Å². The third-order valence-electron chi connectivity index (χ3n) is 7.65. The van der Waals surface area contributed by atoms with Gasteiger partial charge in [0.1, 0.15) is 11.4 Å². The maximum absolute atomic E-state index is 13.5. The monoisotopic (exact) mass is 545 g/mol. The molecule has 0 aliphatic carbocycles. The first-order valence-electron chi connectivity index (χ1n) is 14.1. The van der Waals surface area contributed by atoms with Gasteiger partial charge in [-0.25, -0.2) is 4.39 Å². The Balaban J connectivity index is 1.54. The molecular weight excluding hydrogens is 505 g/mol. The number of rotatable bonds is 15. The smallest absolute Gasteiger partial charge is 0.306 e. The van der Waals surface area contributed by atoms with Crippen LogP contribution >= 0.6 is 11.6 Å². The van der Waals surface area contributed by atoms with Crippen LogP contribution in [0.15, 0.2) is 48.5 Å². The third kappa shape index (κ3) is 9.18. The summed E-state index contributed by atoms with van der Waals surface area (Å²) < 4.78 is 18.8. The van der Waals surface area contributed by atoms with Gasteiger partial charge in [-0.05, 0) is 48.4 Å². The van der Waals surface area contributed by atoms with Crippen LogP contribution in [0.2, 0.25) is 5.02 Å². The second-order valence-corrected chi connectivity index (χ2v) is 11.0. The van der Waals surface area contributed by atoms with E-state index in [1.807, 2.05) is 12.1 Å². The summed E-state index contributed by atoms with van der Waals surface area (Å²) in [5.74, 6) is -0.695. The number of hydrogen-bond donors (Lipinski definition) is 0. The highest BCUT2D eigenvalue weighted by molar-refractivity contribution is 6.30. The van der Waals surface area contributed by atoms with Gasteiger partial charge in [0.2, 0.25) is 0 Å². The average molecular weight is 546 g/mol. The van der Waals surface area contributed by atoms with Gasteiger partial charge in [0.05, 0.1) is 19.6 Å². The maximum Gasteiger partial charge on any atom is 0.306 e. The fourth-order valence-electron chi connectivity index (χ4n) is 5.24. The average Bonchev–Trinajstić information content (AvgIpc) is 2.90. The number of unbranched alkanes of at least 4 members (excludes halogenated alkanes) is 6. The number of hydrogen-bond acceptors (Lipinski definition) is 4. The highest BCUT2D eigenvalue weighted by Crippen LogP contribution is 2.40. The zero-order chi connectivity index (χ0) is 27.4. The number of halogens is 2. The second-order valence-electron chi connectivity index (χ2n) is 10.6. The molecule has 0 N–H and O–H groups in total. The third-order valence-corrected chi connectivity index (χ3v) is 7.90. The summed E-state index contributed by atoms with van der Waals surface area (Å²) in [6, 6.07) is 12.8. The number of carbonyl (C=O) groups is 2. The summed E-state index contributed by atoms with van der Waals surface area (Å²) in [5.41, 5.74) is 0.489. The Morgan fingerprint density at radius 2 is 1.50 bits per heavy atom. The van der Waals surface area contributed by atoms with E-state index in [-0.39, 0.29) is 24.0 Å². The number of ether oxygens (including phenoxy) is 1. The van der Waals surface area contributed by atoms with Crippen molar-refractivity contribution in [1.82, 2.24) is 0 Å². The molecule has 7 heteroatoms. The quantitative estimate of drug-likeness (QED) is 0.0744. The molecule has 0 amide bonds. The fraction of sp³-hybridized carbons (Fsp3) is 0.548. The molecule has 0 unspecified atom stereocenters. The lowest BCUT2D eigenvalue weighted by molar-refractivity contribution is -0.888. The first-order chi connectivity index (χ1) is 18.3. The van der Waals surface area contributed by atoms with Crippen molar-refractivity contribution in [3.05, 3.63) is 75.7 Å². The van der Waals surface area contributed by atoms with Crippen molar-refractivity contribution in [2.75, 3.05) is 19.6 Å². The number of likely N-dealkylation sites (tertiary alicyclic amines) is 1. The molecule has 5 nitrogen and oxygen atoms in total. The van der Waals surface area contributed by atoms with E-state index >= 15 is 0 Å². The largest absolute Gasteiger partial charge is 0.633 e. The Bertz CT molecular complexity index is 1020. The molecule has 0 radical (unpaired) electrons. The summed E-state index contributed by atoms with van der Waals surface area (Å²) in [4.78, 5) is 25.3. The normalized spacial score (nSPS) is 21.3. The molecule has 1 aliphatic heterocycles. The van der Waals surface area contributed by atoms with Crippen LogP contribution in [0.1, 0.15) is 99.9 Å². The van der Waals surface area contributed by atoms with Crippen LogP contribution < -0.4 is 0 Å². The number of esters is 1. The molecule has 1 fully saturated rings. The van der Waals surface area contributed by atoms with Crippen molar-refractivity contribution < 1.29 is 23.4 Å². The van der Waals surface area contributed by atoms with Gasteiger partial charge in [-0.3, -0.25) is 9.59 Å². The number of Topliss-reactive ketones (excluding diaryl/α,β-unsaturated/α-hetero) is 1. The Morgan fingerprint density at radius 3 is 2.13 bits per heavy atom. The lowest BCUT2D eigenvalue weighted by Crippen LogP contribution is -2.54. The summed E-state index contributed by atoms with van der Waals surface area (Å²) in [5, 5.41) is 14.1. The SMILES string of the molecule is CCCCCCCCCC(=O)OC1(c2ccc(Cl)cc2)CC[N+]([O-])(CCCC(=O)c2ccc(F)cc2)CC1. The van der Waals surface area contributed by atoms with Crippen molar-refractivity contribution in [2.45, 2.75) is 89.6 Å². The molecule has 0 aromatic heterocycles. The lowest BCUT2D eigenvalue weighted by Gasteiger charge is -2.51. The molecule has 208 valence electrons. The molecule has 0 atom stereocenters. The van der Waals surface area contributed by atoms with E-state index in [0.717, 1.165) is 24.8 Å². The molecule has 38 heavy (non-hydrogen) atoms. The van der Waals surface area contributed by atoms with Crippen LogP contribution in [0.5, 0.6) is 0 Å². The van der Waals surface area contributed by atoms with Gasteiger partial charge in [-0.2, -0.15) is 0 Å². The fourth-order valence-corrected chi connectivity index (χ4v) is 5.36. The van der Waals surface area contributed by atoms with E-state index < -0.39 is 10.2 Å². The molecule has 3 rings (SSSR count). The minimum atomic E-state index is -0.834. The van der Waals surface area contributed by atoms with Crippen LogP contribution in [0, 0.1) is 11.0 Å². The zero-order valence-corrected chi connectivity index (χ0v) is 23.3. The van der Waals surface area contributed by atoms with Crippen molar-refractivity contribution >= 4 is 23.4 Å². The highest BCUT2D eigenvalue weighted by atomic mass is 35.5. The first kappa shape index (κ1) is 30.3. The molecule has 0 saturated carbocycles. The molecule has 2 aromatic carbocycles. The van der Waals surface area contributed by atoms with Gasteiger partial charge in [0.25, 0.3) is 0 Å². The number of nitrogens with zero attached hydrogens (tertiary/aromatic N) is 1. The second kappa shape index (κ2) is 14.8. The van der Waals surface area contributed by atoms with E-state index in [0.29, 0.717) is 55.9 Å². The minimum absolute atomic E-state index is 0.0941. The molecule has 0 bridgehead atoms. The number of benzene rings is 2. The molecule has 1 aliphatic rings. The zero-order valence-electron chi connectivity index (χ0n) is 22.6. The topological polar surface area (TPSA) is 66.4 Å². The van der Waals surface area contributed by atoms with Gasteiger partial charge in [-0.1, -0.05) is 69.2 Å². The maximum atomic E-state index is 13.5. The van der Waals surface area contributed by atoms with Gasteiger partial charge in [0.15, 0.2) is 5.78 Å². The Labute approximate surface area is 231 Å². The van der Waals surface area contributed by atoms with Crippen LogP contribution in [0.4, 0.5) is 4.39 Å². The summed E-state index contributed by atoms with van der Waals surface area (Å²) >= 11 is 6.10. The lowest BCUT2D eigenvalue weighted by atomic mass is 9.83. The molecule has 1 saturated heterocycles. The number of hydroxylamine groups is 3. The number of carbonyl (C=O) groups excluding carboxylic acids is 2. The van der Waals surface area contributed by atoms with E-state index in [1.54, 1.807) is 12.1 Å². The minimum Gasteiger partial charge on any atom is -0.633 e. The Hall–Kier alpha value is -2.28. The van der Waals surface area contributed by atoms with E-state index in [4.69, 9.17) is 16.3 Å². The van der Waals surface area contributed by atoms with Gasteiger partial charge >= 0.3 is 5.97 Å². The van der Waals surface area contributed by atoms with Gasteiger partial charge in [-0.15, -0.1) is 0 Å². The van der Waals surface area contributed by atoms with Crippen LogP contribution in [-0.4, -0.2) is 36.0 Å². The van der Waals surface area contributed by atoms with Gasteiger partial charge in [0, 0.05) is 42.7 Å². The molecule has 0 spiro atoms. The van der Waals surface area contributed by atoms with E-state index in [9.17, 15) is 19.2 Å². The van der Waals surface area contributed by atoms with E-state index in [2.05, 4.69) is 6.92 Å². The predicted molar refractivity (Wildman–Crippen MR) is 149 cm³/mol. The van der Waals surface area contributed by atoms with Gasteiger partial charge < -0.3 is 14.6 Å². The van der Waals surface area contributed by atoms with E-state index in [1.165, 1.54) is 49.9 Å². The van der Waals surface area contributed by atoms with Crippen molar-refractivity contribution in [1.29, 1.82) is 0 Å². The van der Waals surface area contributed by atoms with Crippen molar-refractivity contribution in [3.8, 4) is 0 Å².